The number of carbonyl (C=O) groups is 1. The fourth-order valence-electron chi connectivity index (χ4n) is 2.92. The first-order valence-corrected chi connectivity index (χ1v) is 10.1. The number of ketones is 1. The number of fused-ring (bicyclic) bond motifs is 2. The van der Waals surface area contributed by atoms with Gasteiger partial charge in [-0.05, 0) is 54.6 Å². The van der Waals surface area contributed by atoms with E-state index >= 15 is 0 Å². The molecule has 0 bridgehead atoms. The van der Waals surface area contributed by atoms with Crippen molar-refractivity contribution in [1.29, 1.82) is 0 Å². The highest BCUT2D eigenvalue weighted by atomic mass is 35.5. The van der Waals surface area contributed by atoms with Crippen molar-refractivity contribution in [1.82, 2.24) is 19.8 Å². The van der Waals surface area contributed by atoms with Gasteiger partial charge in [-0.25, -0.2) is 0 Å². The van der Waals surface area contributed by atoms with Crippen LogP contribution in [0, 0.1) is 0 Å². The average Bonchev–Trinajstić information content (AvgIpc) is 3.38. The molecular weight excluding hydrogens is 412 g/mol. The van der Waals surface area contributed by atoms with Crippen molar-refractivity contribution in [3.8, 4) is 22.8 Å². The van der Waals surface area contributed by atoms with Crippen LogP contribution in [0.5, 0.6) is 11.5 Å². The molecule has 2 aromatic heterocycles. The van der Waals surface area contributed by atoms with Gasteiger partial charge in [-0.3, -0.25) is 4.79 Å². The van der Waals surface area contributed by atoms with Crippen LogP contribution < -0.4 is 9.47 Å². The van der Waals surface area contributed by atoms with Crippen LogP contribution in [-0.2, 0) is 0 Å². The second kappa shape index (κ2) is 7.38. The van der Waals surface area contributed by atoms with E-state index in [1.807, 2.05) is 30.3 Å². The standard InChI is InChI=1S/C20H13ClN4O3S/c21-14-4-1-12(2-5-14)16(26)10-29-20-23-22-19-8-6-15(24-25(19)20)13-3-7-17-18(9-13)28-11-27-17/h1-9H,10-11H2. The first kappa shape index (κ1) is 18.0. The minimum atomic E-state index is -0.0182. The van der Waals surface area contributed by atoms with E-state index in [2.05, 4.69) is 15.3 Å². The van der Waals surface area contributed by atoms with Gasteiger partial charge in [-0.1, -0.05) is 23.4 Å². The minimum Gasteiger partial charge on any atom is -0.454 e. The van der Waals surface area contributed by atoms with Crippen LogP contribution in [0.25, 0.3) is 16.9 Å². The number of carbonyl (C=O) groups excluding carboxylic acids is 1. The Bertz CT molecular complexity index is 1230. The third-order valence-corrected chi connectivity index (χ3v) is 5.57. The molecule has 0 aliphatic carbocycles. The molecule has 0 saturated carbocycles. The first-order valence-electron chi connectivity index (χ1n) is 8.71. The summed E-state index contributed by atoms with van der Waals surface area (Å²) in [6.07, 6.45) is 0. The fourth-order valence-corrected chi connectivity index (χ4v) is 3.83. The molecule has 1 aliphatic rings. The van der Waals surface area contributed by atoms with Crippen LogP contribution in [0.1, 0.15) is 10.4 Å². The van der Waals surface area contributed by atoms with Crippen LogP contribution in [0.2, 0.25) is 5.02 Å². The van der Waals surface area contributed by atoms with Crippen molar-refractivity contribution in [3.63, 3.8) is 0 Å². The number of rotatable bonds is 5. The summed E-state index contributed by atoms with van der Waals surface area (Å²) in [4.78, 5) is 12.4. The lowest BCUT2D eigenvalue weighted by molar-refractivity contribution is 0.102. The Morgan fingerprint density at radius 2 is 1.86 bits per heavy atom. The van der Waals surface area contributed by atoms with Crippen molar-refractivity contribution >= 4 is 34.8 Å². The second-order valence-electron chi connectivity index (χ2n) is 6.26. The molecule has 0 atom stereocenters. The van der Waals surface area contributed by atoms with Crippen LogP contribution in [0.3, 0.4) is 0 Å². The number of ether oxygens (including phenoxy) is 2. The van der Waals surface area contributed by atoms with E-state index in [0.29, 0.717) is 27.1 Å². The van der Waals surface area contributed by atoms with Crippen molar-refractivity contribution in [2.45, 2.75) is 5.16 Å². The van der Waals surface area contributed by atoms with E-state index in [4.69, 9.17) is 21.1 Å². The van der Waals surface area contributed by atoms with Gasteiger partial charge in [0.1, 0.15) is 0 Å². The maximum Gasteiger partial charge on any atom is 0.231 e. The zero-order chi connectivity index (χ0) is 19.8. The molecule has 0 radical (unpaired) electrons. The zero-order valence-corrected chi connectivity index (χ0v) is 16.5. The van der Waals surface area contributed by atoms with Gasteiger partial charge in [-0.2, -0.15) is 9.61 Å². The summed E-state index contributed by atoms with van der Waals surface area (Å²) in [6, 6.07) is 16.2. The summed E-state index contributed by atoms with van der Waals surface area (Å²) in [5, 5.41) is 14.1. The van der Waals surface area contributed by atoms with Gasteiger partial charge in [0.05, 0.1) is 11.4 Å². The molecule has 0 N–H and O–H groups in total. The summed E-state index contributed by atoms with van der Waals surface area (Å²) < 4.78 is 12.4. The van der Waals surface area contributed by atoms with Gasteiger partial charge in [0, 0.05) is 16.1 Å². The van der Waals surface area contributed by atoms with Gasteiger partial charge in [0.25, 0.3) is 0 Å². The average molecular weight is 425 g/mol. The van der Waals surface area contributed by atoms with Gasteiger partial charge in [0.15, 0.2) is 22.9 Å². The smallest absolute Gasteiger partial charge is 0.231 e. The van der Waals surface area contributed by atoms with E-state index in [9.17, 15) is 4.79 Å². The predicted octanol–water partition coefficient (Wildman–Crippen LogP) is 4.15. The van der Waals surface area contributed by atoms with E-state index in [0.717, 1.165) is 17.0 Å². The number of hydrogen-bond acceptors (Lipinski definition) is 7. The maximum atomic E-state index is 12.4. The molecule has 0 fully saturated rings. The number of benzene rings is 2. The SMILES string of the molecule is O=C(CSc1nnc2ccc(-c3ccc4c(c3)OCO4)nn12)c1ccc(Cl)cc1. The lowest BCUT2D eigenvalue weighted by Gasteiger charge is -2.04. The Hall–Kier alpha value is -3.10. The van der Waals surface area contributed by atoms with Crippen LogP contribution in [-0.4, -0.2) is 38.1 Å². The number of hydrogen-bond donors (Lipinski definition) is 0. The molecule has 7 nitrogen and oxygen atoms in total. The third kappa shape index (κ3) is 3.52. The van der Waals surface area contributed by atoms with Gasteiger partial charge in [-0.15, -0.1) is 10.2 Å². The highest BCUT2D eigenvalue weighted by Crippen LogP contribution is 2.35. The van der Waals surface area contributed by atoms with Crippen molar-refractivity contribution in [3.05, 3.63) is 65.2 Å². The highest BCUT2D eigenvalue weighted by molar-refractivity contribution is 7.99. The number of aromatic nitrogens is 4. The molecule has 9 heteroatoms. The fraction of sp³-hybridized carbons (Fsp3) is 0.100. The third-order valence-electron chi connectivity index (χ3n) is 4.40. The van der Waals surface area contributed by atoms with Crippen LogP contribution in [0.15, 0.2) is 59.8 Å². The molecule has 2 aromatic carbocycles. The van der Waals surface area contributed by atoms with E-state index in [-0.39, 0.29) is 18.3 Å². The Balaban J connectivity index is 1.39. The van der Waals surface area contributed by atoms with Crippen molar-refractivity contribution in [2.24, 2.45) is 0 Å². The number of nitrogens with zero attached hydrogens (tertiary/aromatic N) is 4. The molecular formula is C20H13ClN4O3S. The van der Waals surface area contributed by atoms with E-state index in [1.165, 1.54) is 11.8 Å². The molecule has 0 spiro atoms. The highest BCUT2D eigenvalue weighted by Gasteiger charge is 2.16. The molecule has 5 rings (SSSR count). The molecule has 0 amide bonds. The Morgan fingerprint density at radius 1 is 1.03 bits per heavy atom. The zero-order valence-electron chi connectivity index (χ0n) is 14.9. The summed E-state index contributed by atoms with van der Waals surface area (Å²) in [7, 11) is 0. The van der Waals surface area contributed by atoms with Gasteiger partial charge < -0.3 is 9.47 Å². The van der Waals surface area contributed by atoms with Crippen molar-refractivity contribution < 1.29 is 14.3 Å². The second-order valence-corrected chi connectivity index (χ2v) is 7.64. The lowest BCUT2D eigenvalue weighted by Crippen LogP contribution is -2.03. The van der Waals surface area contributed by atoms with Crippen LogP contribution in [0.4, 0.5) is 0 Å². The van der Waals surface area contributed by atoms with E-state index < -0.39 is 0 Å². The largest absolute Gasteiger partial charge is 0.454 e. The number of halogens is 1. The number of thioether (sulfide) groups is 1. The molecule has 0 saturated heterocycles. The van der Waals surface area contributed by atoms with Gasteiger partial charge >= 0.3 is 0 Å². The molecule has 29 heavy (non-hydrogen) atoms. The molecule has 4 aromatic rings. The number of Topliss-reactive ketones (excluding diaryl/α,β-unsaturated/α-hetero) is 1. The molecule has 144 valence electrons. The van der Waals surface area contributed by atoms with E-state index in [1.54, 1.807) is 28.8 Å². The topological polar surface area (TPSA) is 78.6 Å². The minimum absolute atomic E-state index is 0.0182. The predicted molar refractivity (Wildman–Crippen MR) is 109 cm³/mol. The first-order chi connectivity index (χ1) is 14.2. The van der Waals surface area contributed by atoms with Crippen LogP contribution >= 0.6 is 23.4 Å². The summed E-state index contributed by atoms with van der Waals surface area (Å²) >= 11 is 7.16. The normalized spacial score (nSPS) is 12.4. The monoisotopic (exact) mass is 424 g/mol. The summed E-state index contributed by atoms with van der Waals surface area (Å²) in [5.74, 6) is 1.61. The summed E-state index contributed by atoms with van der Waals surface area (Å²) in [6.45, 7) is 0.221. The van der Waals surface area contributed by atoms with Gasteiger partial charge in [0.2, 0.25) is 11.9 Å². The van der Waals surface area contributed by atoms with Crippen molar-refractivity contribution in [2.75, 3.05) is 12.5 Å². The molecule has 1 aliphatic heterocycles. The molecule has 0 unspecified atom stereocenters. The Kier molecular flexibility index (Phi) is 4.57. The Morgan fingerprint density at radius 3 is 2.72 bits per heavy atom. The maximum absolute atomic E-state index is 12.4. The lowest BCUT2D eigenvalue weighted by atomic mass is 10.1. The molecule has 3 heterocycles. The summed E-state index contributed by atoms with van der Waals surface area (Å²) in [5.41, 5.74) is 2.83. The quantitative estimate of drug-likeness (QED) is 0.351. The Labute approximate surface area is 174 Å².